The summed E-state index contributed by atoms with van der Waals surface area (Å²) >= 11 is 0. The predicted octanol–water partition coefficient (Wildman–Crippen LogP) is 6.97. The molecule has 0 atom stereocenters. The molecule has 3 aromatic carbocycles. The molecule has 1 fully saturated rings. The first-order valence-electron chi connectivity index (χ1n) is 13.1. The number of amides is 1. The van der Waals surface area contributed by atoms with Crippen LogP contribution in [0.25, 0.3) is 27.8 Å². The van der Waals surface area contributed by atoms with E-state index in [4.69, 9.17) is 0 Å². The number of carbonyl (C=O) groups excluding carboxylic acids is 2. The number of benzene rings is 3. The Morgan fingerprint density at radius 1 is 1.08 bits per heavy atom. The summed E-state index contributed by atoms with van der Waals surface area (Å²) < 4.78 is 17.5. The Morgan fingerprint density at radius 3 is 2.65 bits per heavy atom. The number of carbonyl (C=O) groups is 2. The predicted molar refractivity (Wildman–Crippen MR) is 147 cm³/mol. The van der Waals surface area contributed by atoms with Gasteiger partial charge >= 0.3 is 0 Å². The lowest BCUT2D eigenvalue weighted by atomic mass is 9.88. The fourth-order valence-corrected chi connectivity index (χ4v) is 5.39. The molecule has 1 aliphatic carbocycles. The topological polar surface area (TPSA) is 55.2 Å². The van der Waals surface area contributed by atoms with Gasteiger partial charge in [0.25, 0.3) is 0 Å². The molecule has 190 valence electrons. The van der Waals surface area contributed by atoms with Crippen LogP contribution >= 0.6 is 0 Å². The molecule has 5 nitrogen and oxygen atoms in total. The van der Waals surface area contributed by atoms with Crippen molar-refractivity contribution in [3.8, 4) is 0 Å². The summed E-state index contributed by atoms with van der Waals surface area (Å²) in [5.74, 6) is -0.237. The van der Waals surface area contributed by atoms with E-state index in [-0.39, 0.29) is 30.0 Å². The normalized spacial score (nSPS) is 14.6. The molecule has 1 saturated carbocycles. The molecule has 4 aromatic rings. The smallest absolute Gasteiger partial charge is 0.230 e. The van der Waals surface area contributed by atoms with E-state index in [0.717, 1.165) is 59.7 Å². The van der Waals surface area contributed by atoms with Crippen LogP contribution < -0.4 is 4.90 Å². The second-order valence-corrected chi connectivity index (χ2v) is 9.92. The molecule has 6 heteroatoms. The van der Waals surface area contributed by atoms with Gasteiger partial charge in [-0.1, -0.05) is 62.6 Å². The van der Waals surface area contributed by atoms with Crippen molar-refractivity contribution >= 4 is 45.1 Å². The van der Waals surface area contributed by atoms with Crippen molar-refractivity contribution in [2.75, 3.05) is 4.90 Å². The Balaban J connectivity index is 1.59. The van der Waals surface area contributed by atoms with Crippen molar-refractivity contribution in [3.05, 3.63) is 77.7 Å². The molecule has 0 radical (unpaired) electrons. The fourth-order valence-electron chi connectivity index (χ4n) is 5.39. The maximum absolute atomic E-state index is 15.9. The zero-order chi connectivity index (χ0) is 25.9. The van der Waals surface area contributed by atoms with Crippen LogP contribution in [0.5, 0.6) is 0 Å². The highest BCUT2D eigenvalue weighted by Crippen LogP contribution is 2.33. The quantitative estimate of drug-likeness (QED) is 0.259. The number of aryl methyl sites for hydroxylation is 1. The van der Waals surface area contributed by atoms with E-state index in [0.29, 0.717) is 17.3 Å². The number of hydrogen-bond acceptors (Lipinski definition) is 3. The van der Waals surface area contributed by atoms with Crippen LogP contribution in [0.2, 0.25) is 0 Å². The minimum absolute atomic E-state index is 0.0433. The monoisotopic (exact) mass is 497 g/mol. The van der Waals surface area contributed by atoms with E-state index in [2.05, 4.69) is 5.10 Å². The van der Waals surface area contributed by atoms with Crippen molar-refractivity contribution < 1.29 is 14.0 Å². The molecular weight excluding hydrogens is 465 g/mol. The molecule has 5 rings (SSSR count). The lowest BCUT2D eigenvalue weighted by molar-refractivity contribution is -0.123. The first kappa shape index (κ1) is 24.9. The molecule has 1 aliphatic rings. The number of rotatable bonds is 7. The van der Waals surface area contributed by atoms with Gasteiger partial charge in [-0.25, -0.2) is 4.39 Å². The summed E-state index contributed by atoms with van der Waals surface area (Å²) in [5, 5.41) is 6.29. The number of hydrogen-bond donors (Lipinski definition) is 0. The summed E-state index contributed by atoms with van der Waals surface area (Å²) in [7, 11) is 1.74. The summed E-state index contributed by atoms with van der Waals surface area (Å²) in [6, 6.07) is 15.3. The van der Waals surface area contributed by atoms with Crippen molar-refractivity contribution in [2.45, 2.75) is 52.0 Å². The molecule has 1 amide bonds. The highest BCUT2D eigenvalue weighted by atomic mass is 19.1. The van der Waals surface area contributed by atoms with Crippen LogP contribution in [-0.2, 0) is 23.2 Å². The third-order valence-electron chi connectivity index (χ3n) is 7.43. The minimum Gasteiger partial charge on any atom is -0.308 e. The minimum atomic E-state index is -0.317. The average Bonchev–Trinajstić information content (AvgIpc) is 3.31. The van der Waals surface area contributed by atoms with Crippen molar-refractivity contribution in [2.24, 2.45) is 13.0 Å². The molecule has 0 aliphatic heterocycles. The summed E-state index contributed by atoms with van der Waals surface area (Å²) in [4.78, 5) is 27.5. The van der Waals surface area contributed by atoms with Gasteiger partial charge in [0, 0.05) is 35.8 Å². The Kier molecular flexibility index (Phi) is 7.17. The maximum Gasteiger partial charge on any atom is 0.230 e. The Bertz CT molecular complexity index is 1500. The van der Waals surface area contributed by atoms with Gasteiger partial charge in [-0.2, -0.15) is 5.10 Å². The highest BCUT2D eigenvalue weighted by molar-refractivity contribution is 6.01. The SMILES string of the molecule is CCC(=O)/C=C/c1cccc(N(Cc2cccc3cc4cnn(C)c4c(F)c23)C(=O)C2CCCCC2)c1. The van der Waals surface area contributed by atoms with Crippen LogP contribution in [0, 0.1) is 11.7 Å². The third-order valence-corrected chi connectivity index (χ3v) is 7.43. The molecule has 0 spiro atoms. The fraction of sp³-hybridized carbons (Fsp3) is 0.323. The number of nitrogens with zero attached hydrogens (tertiary/aromatic N) is 3. The highest BCUT2D eigenvalue weighted by Gasteiger charge is 2.28. The van der Waals surface area contributed by atoms with Gasteiger partial charge in [-0.3, -0.25) is 14.3 Å². The van der Waals surface area contributed by atoms with Crippen molar-refractivity contribution in [3.63, 3.8) is 0 Å². The van der Waals surface area contributed by atoms with Gasteiger partial charge in [-0.15, -0.1) is 0 Å². The van der Waals surface area contributed by atoms with Crippen molar-refractivity contribution in [1.82, 2.24) is 9.78 Å². The van der Waals surface area contributed by atoms with E-state index < -0.39 is 0 Å². The molecule has 0 N–H and O–H groups in total. The third kappa shape index (κ3) is 5.06. The molecule has 1 aromatic heterocycles. The Morgan fingerprint density at radius 2 is 1.86 bits per heavy atom. The van der Waals surface area contributed by atoms with E-state index in [1.165, 1.54) is 0 Å². The first-order valence-corrected chi connectivity index (χ1v) is 13.1. The Hall–Kier alpha value is -3.80. The number of halogens is 1. The number of fused-ring (bicyclic) bond motifs is 2. The van der Waals surface area contributed by atoms with Gasteiger partial charge in [0.05, 0.1) is 12.7 Å². The zero-order valence-electron chi connectivity index (χ0n) is 21.4. The number of aromatic nitrogens is 2. The lowest BCUT2D eigenvalue weighted by Crippen LogP contribution is -2.36. The Labute approximate surface area is 216 Å². The first-order chi connectivity index (χ1) is 18.0. The van der Waals surface area contributed by atoms with Gasteiger partial charge in [-0.05, 0) is 53.6 Å². The molecular formula is C31H32FN3O2. The second-order valence-electron chi connectivity index (χ2n) is 9.92. The van der Waals surface area contributed by atoms with Crippen molar-refractivity contribution in [1.29, 1.82) is 0 Å². The zero-order valence-corrected chi connectivity index (χ0v) is 21.4. The van der Waals surface area contributed by atoms with Crippen LogP contribution in [0.15, 0.2) is 60.8 Å². The molecule has 0 saturated heterocycles. The molecule has 0 bridgehead atoms. The molecule has 0 unspecified atom stereocenters. The average molecular weight is 498 g/mol. The van der Waals surface area contributed by atoms with Gasteiger partial charge < -0.3 is 4.90 Å². The number of ketones is 1. The lowest BCUT2D eigenvalue weighted by Gasteiger charge is -2.30. The van der Waals surface area contributed by atoms with E-state index in [9.17, 15) is 9.59 Å². The number of anilines is 1. The van der Waals surface area contributed by atoms with Gasteiger partial charge in [0.2, 0.25) is 5.91 Å². The van der Waals surface area contributed by atoms with E-state index in [1.807, 2.05) is 55.5 Å². The second kappa shape index (κ2) is 10.7. The summed E-state index contributed by atoms with van der Waals surface area (Å²) in [6.45, 7) is 2.09. The molecule has 1 heterocycles. The van der Waals surface area contributed by atoms with Gasteiger partial charge in [0.15, 0.2) is 11.6 Å². The summed E-state index contributed by atoms with van der Waals surface area (Å²) in [6.07, 6.45) is 10.5. The van der Waals surface area contributed by atoms with Gasteiger partial charge in [0.1, 0.15) is 5.52 Å². The van der Waals surface area contributed by atoms with Crippen LogP contribution in [0.1, 0.15) is 56.6 Å². The maximum atomic E-state index is 15.9. The van der Waals surface area contributed by atoms with Crippen LogP contribution in [-0.4, -0.2) is 21.5 Å². The van der Waals surface area contributed by atoms with Crippen LogP contribution in [0.4, 0.5) is 10.1 Å². The van der Waals surface area contributed by atoms with E-state index >= 15 is 4.39 Å². The van der Waals surface area contributed by atoms with E-state index in [1.54, 1.807) is 35.0 Å². The largest absolute Gasteiger partial charge is 0.308 e. The van der Waals surface area contributed by atoms with Crippen LogP contribution in [0.3, 0.4) is 0 Å². The standard InChI is InChI=1S/C31H32FN3O2/c1-3-27(36)16-15-21-9-7-14-26(17-21)35(31(37)22-10-5-4-6-11-22)20-24-13-8-12-23-18-25-19-33-34(2)30(25)29(32)28(23)24/h7-9,12-19,22H,3-6,10-11,20H2,1-2H3/b16-15+. The summed E-state index contributed by atoms with van der Waals surface area (Å²) in [5.41, 5.74) is 2.81. The number of allylic oxidation sites excluding steroid dienone is 1. The molecule has 37 heavy (non-hydrogen) atoms.